The van der Waals surface area contributed by atoms with Crippen molar-refractivity contribution in [3.05, 3.63) is 46.8 Å². The molecule has 34 heavy (non-hydrogen) atoms. The van der Waals surface area contributed by atoms with Gasteiger partial charge in [-0.15, -0.1) is 0 Å². The summed E-state index contributed by atoms with van der Waals surface area (Å²) >= 11 is 0. The summed E-state index contributed by atoms with van der Waals surface area (Å²) in [5.74, 6) is 5.50. The average Bonchev–Trinajstić information content (AvgIpc) is 3.50. The number of carbonyl (C=O) groups excluding carboxylic acids is 4. The van der Waals surface area contributed by atoms with E-state index in [1.54, 1.807) is 21.9 Å². The van der Waals surface area contributed by atoms with E-state index in [2.05, 4.69) is 32.4 Å². The zero-order chi connectivity index (χ0) is 23.4. The third-order valence-electron chi connectivity index (χ3n) is 6.70. The normalized spacial score (nSPS) is 22.9. The average molecular weight is 456 g/mol. The maximum absolute atomic E-state index is 13.0. The number of fused-ring (bicyclic) bond motifs is 4. The molecule has 2 aromatic rings. The van der Waals surface area contributed by atoms with Crippen LogP contribution in [-0.4, -0.2) is 68.6 Å². The highest BCUT2D eigenvalue weighted by Gasteiger charge is 2.40. The molecule has 0 radical (unpaired) electrons. The fourth-order valence-electron chi connectivity index (χ4n) is 5.01. The molecule has 10 heteroatoms. The van der Waals surface area contributed by atoms with Crippen molar-refractivity contribution >= 4 is 35.3 Å². The Morgan fingerprint density at radius 2 is 1.18 bits per heavy atom. The van der Waals surface area contributed by atoms with Gasteiger partial charge in [0.15, 0.2) is 0 Å². The number of rotatable bonds is 0. The minimum Gasteiger partial charge on any atom is -0.326 e. The molecule has 4 aliphatic rings. The number of nitrogens with zero attached hydrogens (tertiary/aromatic N) is 4. The molecule has 10 nitrogen and oxygen atoms in total. The van der Waals surface area contributed by atoms with Gasteiger partial charge in [0.2, 0.25) is 11.8 Å². The van der Waals surface area contributed by atoms with Crippen LogP contribution < -0.4 is 10.6 Å². The van der Waals surface area contributed by atoms with E-state index in [9.17, 15) is 19.2 Å². The van der Waals surface area contributed by atoms with Crippen molar-refractivity contribution in [3.63, 3.8) is 0 Å². The van der Waals surface area contributed by atoms with Crippen LogP contribution in [-0.2, 0) is 9.59 Å². The summed E-state index contributed by atoms with van der Waals surface area (Å²) in [4.78, 5) is 62.5. The number of hydrogen-bond acceptors (Lipinski definition) is 6. The van der Waals surface area contributed by atoms with Crippen LogP contribution in [0.3, 0.4) is 0 Å². The molecule has 0 aromatic carbocycles. The standard InChI is InChI=1S/C24H20N6O4/c31-21-17-3-1-7-29(17)23(33)15-9-13(11-25-19(15)27-21)5-6-14-10-16-20(26-12-14)28-22(32)18-4-2-8-30(18)24(16)34/h9-12,17-18H,1-4,7-8H2,(H,25,27,31)(H,26,28,32)/t17-,18-/m0/s1. The minimum absolute atomic E-state index is 0.219. The second kappa shape index (κ2) is 7.66. The molecule has 0 unspecified atom stereocenters. The van der Waals surface area contributed by atoms with Gasteiger partial charge in [0.1, 0.15) is 23.7 Å². The molecule has 2 fully saturated rings. The van der Waals surface area contributed by atoms with Crippen molar-refractivity contribution < 1.29 is 19.2 Å². The molecule has 2 N–H and O–H groups in total. The van der Waals surface area contributed by atoms with Gasteiger partial charge >= 0.3 is 0 Å². The predicted octanol–water partition coefficient (Wildman–Crippen LogP) is 0.990. The highest BCUT2D eigenvalue weighted by atomic mass is 16.2. The van der Waals surface area contributed by atoms with Crippen LogP contribution >= 0.6 is 0 Å². The van der Waals surface area contributed by atoms with Gasteiger partial charge in [-0.05, 0) is 37.8 Å². The Morgan fingerprint density at radius 1 is 0.735 bits per heavy atom. The molecule has 0 bridgehead atoms. The Kier molecular flexibility index (Phi) is 4.58. The van der Waals surface area contributed by atoms with E-state index in [1.165, 1.54) is 12.4 Å². The van der Waals surface area contributed by atoms with Gasteiger partial charge in [-0.3, -0.25) is 19.2 Å². The first kappa shape index (κ1) is 20.4. The molecule has 0 aliphatic carbocycles. The maximum atomic E-state index is 13.0. The molecular formula is C24H20N6O4. The molecule has 170 valence electrons. The summed E-state index contributed by atoms with van der Waals surface area (Å²) < 4.78 is 0. The topological polar surface area (TPSA) is 125 Å². The van der Waals surface area contributed by atoms with Crippen molar-refractivity contribution in [2.24, 2.45) is 0 Å². The van der Waals surface area contributed by atoms with Crippen molar-refractivity contribution in [2.45, 2.75) is 37.8 Å². The number of aromatic nitrogens is 2. The monoisotopic (exact) mass is 456 g/mol. The van der Waals surface area contributed by atoms with Crippen LogP contribution in [0.2, 0.25) is 0 Å². The highest BCUT2D eigenvalue weighted by Crippen LogP contribution is 2.29. The zero-order valence-electron chi connectivity index (χ0n) is 18.1. The SMILES string of the molecule is O=C1Nc2ncc(C#Cc3cnc4c(c3)C(=O)N3CCC[C@H]3C(=O)N4)cc2C(=O)N2CCC[C@@H]12. The van der Waals surface area contributed by atoms with Gasteiger partial charge in [-0.2, -0.15) is 0 Å². The molecule has 2 saturated heterocycles. The van der Waals surface area contributed by atoms with Crippen LogP contribution in [0, 0.1) is 11.8 Å². The van der Waals surface area contributed by atoms with E-state index in [4.69, 9.17) is 0 Å². The fourth-order valence-corrected chi connectivity index (χ4v) is 5.01. The Bertz CT molecular complexity index is 1240. The fraction of sp³-hybridized carbons (Fsp3) is 0.333. The lowest BCUT2D eigenvalue weighted by molar-refractivity contribution is -0.120. The summed E-state index contributed by atoms with van der Waals surface area (Å²) in [5.41, 5.74) is 1.60. The molecule has 6 rings (SSSR count). The molecule has 2 atom stereocenters. The van der Waals surface area contributed by atoms with E-state index in [0.29, 0.717) is 48.2 Å². The van der Waals surface area contributed by atoms with Crippen LogP contribution in [0.1, 0.15) is 57.5 Å². The number of pyridine rings is 2. The van der Waals surface area contributed by atoms with Gasteiger partial charge < -0.3 is 20.4 Å². The predicted molar refractivity (Wildman–Crippen MR) is 120 cm³/mol. The molecule has 4 amide bonds. The molecule has 0 saturated carbocycles. The first-order valence-electron chi connectivity index (χ1n) is 11.3. The summed E-state index contributed by atoms with van der Waals surface area (Å²) in [6.07, 6.45) is 5.84. The van der Waals surface area contributed by atoms with Crippen molar-refractivity contribution in [2.75, 3.05) is 23.7 Å². The smallest absolute Gasteiger partial charge is 0.258 e. The highest BCUT2D eigenvalue weighted by molar-refractivity contribution is 6.10. The first-order chi connectivity index (χ1) is 16.5. The van der Waals surface area contributed by atoms with E-state index >= 15 is 0 Å². The number of hydrogen-bond donors (Lipinski definition) is 2. The second-order valence-corrected chi connectivity index (χ2v) is 8.78. The summed E-state index contributed by atoms with van der Waals surface area (Å²) in [7, 11) is 0. The first-order valence-corrected chi connectivity index (χ1v) is 11.3. The Hall–Kier alpha value is -4.26. The van der Waals surface area contributed by atoms with Gasteiger partial charge in [0.25, 0.3) is 11.8 Å². The maximum Gasteiger partial charge on any atom is 0.258 e. The number of carbonyl (C=O) groups is 4. The van der Waals surface area contributed by atoms with E-state index in [0.717, 1.165) is 12.8 Å². The van der Waals surface area contributed by atoms with Crippen LogP contribution in [0.4, 0.5) is 11.6 Å². The van der Waals surface area contributed by atoms with Gasteiger partial charge in [-0.1, -0.05) is 11.8 Å². The molecular weight excluding hydrogens is 436 g/mol. The van der Waals surface area contributed by atoms with Crippen LogP contribution in [0.15, 0.2) is 24.5 Å². The van der Waals surface area contributed by atoms with E-state index in [-0.39, 0.29) is 35.3 Å². The van der Waals surface area contributed by atoms with Crippen LogP contribution in [0.25, 0.3) is 0 Å². The van der Waals surface area contributed by atoms with E-state index < -0.39 is 12.1 Å². The second-order valence-electron chi connectivity index (χ2n) is 8.78. The van der Waals surface area contributed by atoms with Crippen molar-refractivity contribution in [1.29, 1.82) is 0 Å². The quantitative estimate of drug-likeness (QED) is 0.570. The lowest BCUT2D eigenvalue weighted by atomic mass is 10.1. The van der Waals surface area contributed by atoms with Gasteiger partial charge in [0, 0.05) is 36.6 Å². The lowest BCUT2D eigenvalue weighted by Crippen LogP contribution is -2.40. The zero-order valence-corrected chi connectivity index (χ0v) is 18.1. The van der Waals surface area contributed by atoms with Crippen LogP contribution in [0.5, 0.6) is 0 Å². The molecule has 4 aliphatic heterocycles. The number of nitrogens with one attached hydrogen (secondary N) is 2. The summed E-state index contributed by atoms with van der Waals surface area (Å²) in [6, 6.07) is 2.32. The third kappa shape index (κ3) is 3.20. The van der Waals surface area contributed by atoms with Gasteiger partial charge in [-0.25, -0.2) is 9.97 Å². The molecule has 2 aromatic heterocycles. The largest absolute Gasteiger partial charge is 0.326 e. The summed E-state index contributed by atoms with van der Waals surface area (Å²) in [5, 5.41) is 5.49. The number of anilines is 2. The van der Waals surface area contributed by atoms with Gasteiger partial charge in [0.05, 0.1) is 11.1 Å². The Balaban J connectivity index is 1.31. The molecule has 0 spiro atoms. The minimum atomic E-state index is -0.463. The van der Waals surface area contributed by atoms with E-state index in [1.807, 2.05) is 0 Å². The molecule has 6 heterocycles. The Morgan fingerprint density at radius 3 is 1.62 bits per heavy atom. The third-order valence-corrected chi connectivity index (χ3v) is 6.70. The Labute approximate surface area is 194 Å². The number of amides is 4. The lowest BCUT2D eigenvalue weighted by Gasteiger charge is -2.19. The van der Waals surface area contributed by atoms with Crippen molar-refractivity contribution in [3.8, 4) is 11.8 Å². The van der Waals surface area contributed by atoms with Crippen molar-refractivity contribution in [1.82, 2.24) is 19.8 Å². The summed E-state index contributed by atoms with van der Waals surface area (Å²) in [6.45, 7) is 1.07.